The van der Waals surface area contributed by atoms with Gasteiger partial charge >= 0.3 is 0 Å². The number of hydrogen-bond donors (Lipinski definition) is 1. The van der Waals surface area contributed by atoms with Crippen LogP contribution >= 0.6 is 0 Å². The van der Waals surface area contributed by atoms with E-state index >= 15 is 0 Å². The first kappa shape index (κ1) is 15.4. The third-order valence-corrected chi connectivity index (χ3v) is 3.46. The van der Waals surface area contributed by atoms with Gasteiger partial charge in [0.15, 0.2) is 11.5 Å². The van der Waals surface area contributed by atoms with Crippen molar-refractivity contribution in [2.45, 2.75) is 34.0 Å². The third kappa shape index (κ3) is 3.99. The van der Waals surface area contributed by atoms with Crippen LogP contribution in [-0.2, 0) is 13.2 Å². The first-order valence-electron chi connectivity index (χ1n) is 7.19. The monoisotopic (exact) mass is 286 g/mol. The average molecular weight is 286 g/mol. The summed E-state index contributed by atoms with van der Waals surface area (Å²) >= 11 is 0. The number of aryl methyl sites for hydroxylation is 2. The standard InChI is InChI=1S/C18H22O3/c1-4-20-18-10-15(11-19)7-8-17(18)21-12-16-6-5-13(2)14(3)9-16/h5-10,19H,4,11-12H2,1-3H3. The van der Waals surface area contributed by atoms with Crippen molar-refractivity contribution in [3.05, 3.63) is 58.7 Å². The van der Waals surface area contributed by atoms with E-state index in [1.54, 1.807) is 0 Å². The van der Waals surface area contributed by atoms with E-state index in [2.05, 4.69) is 32.0 Å². The van der Waals surface area contributed by atoms with Gasteiger partial charge in [-0.3, -0.25) is 0 Å². The van der Waals surface area contributed by atoms with E-state index in [0.717, 1.165) is 11.1 Å². The zero-order chi connectivity index (χ0) is 15.2. The Balaban J connectivity index is 2.13. The summed E-state index contributed by atoms with van der Waals surface area (Å²) in [4.78, 5) is 0. The number of hydrogen-bond acceptors (Lipinski definition) is 3. The highest BCUT2D eigenvalue weighted by Gasteiger charge is 2.07. The van der Waals surface area contributed by atoms with E-state index in [0.29, 0.717) is 24.7 Å². The van der Waals surface area contributed by atoms with Crippen molar-refractivity contribution in [2.75, 3.05) is 6.61 Å². The molecule has 112 valence electrons. The Bertz CT molecular complexity index is 605. The summed E-state index contributed by atoms with van der Waals surface area (Å²) in [5.41, 5.74) is 4.49. The molecule has 0 atom stereocenters. The lowest BCUT2D eigenvalue weighted by Crippen LogP contribution is -2.01. The van der Waals surface area contributed by atoms with Crippen molar-refractivity contribution in [1.29, 1.82) is 0 Å². The molecule has 0 aromatic heterocycles. The summed E-state index contributed by atoms with van der Waals surface area (Å²) in [6.07, 6.45) is 0. The lowest BCUT2D eigenvalue weighted by atomic mass is 10.1. The summed E-state index contributed by atoms with van der Waals surface area (Å²) in [7, 11) is 0. The largest absolute Gasteiger partial charge is 0.490 e. The second kappa shape index (κ2) is 7.14. The highest BCUT2D eigenvalue weighted by atomic mass is 16.5. The molecule has 0 aliphatic carbocycles. The fourth-order valence-corrected chi connectivity index (χ4v) is 2.09. The highest BCUT2D eigenvalue weighted by Crippen LogP contribution is 2.29. The van der Waals surface area contributed by atoms with Crippen molar-refractivity contribution in [1.82, 2.24) is 0 Å². The lowest BCUT2D eigenvalue weighted by molar-refractivity contribution is 0.263. The van der Waals surface area contributed by atoms with Crippen molar-refractivity contribution in [2.24, 2.45) is 0 Å². The van der Waals surface area contributed by atoms with Gasteiger partial charge in [-0.1, -0.05) is 24.3 Å². The fraction of sp³-hybridized carbons (Fsp3) is 0.333. The number of benzene rings is 2. The van der Waals surface area contributed by atoms with E-state index in [-0.39, 0.29) is 6.61 Å². The summed E-state index contributed by atoms with van der Waals surface area (Å²) in [5, 5.41) is 9.19. The van der Waals surface area contributed by atoms with Crippen LogP contribution in [0.4, 0.5) is 0 Å². The normalized spacial score (nSPS) is 10.5. The number of aliphatic hydroxyl groups excluding tert-OH is 1. The van der Waals surface area contributed by atoms with Crippen LogP contribution in [0.25, 0.3) is 0 Å². The maximum absolute atomic E-state index is 9.19. The molecule has 2 aromatic carbocycles. The molecule has 0 bridgehead atoms. The van der Waals surface area contributed by atoms with Crippen LogP contribution in [0, 0.1) is 13.8 Å². The van der Waals surface area contributed by atoms with Gasteiger partial charge in [0, 0.05) is 0 Å². The minimum Gasteiger partial charge on any atom is -0.490 e. The summed E-state index contributed by atoms with van der Waals surface area (Å²) in [6.45, 7) is 7.19. The molecule has 0 heterocycles. The van der Waals surface area contributed by atoms with Crippen LogP contribution < -0.4 is 9.47 Å². The molecule has 3 nitrogen and oxygen atoms in total. The molecule has 0 saturated carbocycles. The van der Waals surface area contributed by atoms with Crippen molar-refractivity contribution in [3.8, 4) is 11.5 Å². The van der Waals surface area contributed by atoms with Gasteiger partial charge in [0.1, 0.15) is 6.61 Å². The first-order chi connectivity index (χ1) is 10.1. The van der Waals surface area contributed by atoms with Crippen LogP contribution in [0.3, 0.4) is 0 Å². The molecule has 0 spiro atoms. The topological polar surface area (TPSA) is 38.7 Å². The molecule has 0 saturated heterocycles. The molecule has 1 N–H and O–H groups in total. The Morgan fingerprint density at radius 1 is 0.857 bits per heavy atom. The van der Waals surface area contributed by atoms with Crippen LogP contribution in [-0.4, -0.2) is 11.7 Å². The van der Waals surface area contributed by atoms with Gasteiger partial charge in [0.2, 0.25) is 0 Å². The van der Waals surface area contributed by atoms with E-state index < -0.39 is 0 Å². The van der Waals surface area contributed by atoms with Gasteiger partial charge in [-0.15, -0.1) is 0 Å². The van der Waals surface area contributed by atoms with Crippen LogP contribution in [0.15, 0.2) is 36.4 Å². The molecule has 0 unspecified atom stereocenters. The minimum absolute atomic E-state index is 0.00247. The van der Waals surface area contributed by atoms with Crippen LogP contribution in [0.1, 0.15) is 29.2 Å². The molecule has 2 aromatic rings. The van der Waals surface area contributed by atoms with Gasteiger partial charge in [-0.05, 0) is 55.2 Å². The van der Waals surface area contributed by atoms with Gasteiger partial charge in [-0.25, -0.2) is 0 Å². The van der Waals surface area contributed by atoms with Crippen molar-refractivity contribution in [3.63, 3.8) is 0 Å². The van der Waals surface area contributed by atoms with Gasteiger partial charge in [-0.2, -0.15) is 0 Å². The van der Waals surface area contributed by atoms with Crippen LogP contribution in [0.2, 0.25) is 0 Å². The molecule has 21 heavy (non-hydrogen) atoms. The second-order valence-corrected chi connectivity index (χ2v) is 5.08. The number of ether oxygens (including phenoxy) is 2. The summed E-state index contributed by atoms with van der Waals surface area (Å²) in [6, 6.07) is 11.8. The van der Waals surface area contributed by atoms with E-state index in [1.165, 1.54) is 11.1 Å². The van der Waals surface area contributed by atoms with Gasteiger partial charge in [0.05, 0.1) is 13.2 Å². The zero-order valence-corrected chi connectivity index (χ0v) is 12.8. The van der Waals surface area contributed by atoms with Gasteiger partial charge in [0.25, 0.3) is 0 Å². The number of rotatable bonds is 6. The first-order valence-corrected chi connectivity index (χ1v) is 7.19. The predicted octanol–water partition coefficient (Wildman–Crippen LogP) is 3.77. The summed E-state index contributed by atoms with van der Waals surface area (Å²) < 4.78 is 11.4. The molecule has 0 aliphatic rings. The Hall–Kier alpha value is -2.00. The minimum atomic E-state index is -0.00247. The second-order valence-electron chi connectivity index (χ2n) is 5.08. The molecule has 0 radical (unpaired) electrons. The van der Waals surface area contributed by atoms with Gasteiger partial charge < -0.3 is 14.6 Å². The molecule has 3 heteroatoms. The quantitative estimate of drug-likeness (QED) is 0.878. The SMILES string of the molecule is CCOc1cc(CO)ccc1OCc1ccc(C)c(C)c1. The smallest absolute Gasteiger partial charge is 0.161 e. The van der Waals surface area contributed by atoms with E-state index in [1.807, 2.05) is 25.1 Å². The molecule has 0 fully saturated rings. The molecular formula is C18H22O3. The highest BCUT2D eigenvalue weighted by molar-refractivity contribution is 5.43. The Kier molecular flexibility index (Phi) is 5.23. The Morgan fingerprint density at radius 3 is 2.29 bits per heavy atom. The van der Waals surface area contributed by atoms with Crippen molar-refractivity contribution >= 4 is 0 Å². The van der Waals surface area contributed by atoms with E-state index in [9.17, 15) is 5.11 Å². The Morgan fingerprint density at radius 2 is 1.62 bits per heavy atom. The zero-order valence-electron chi connectivity index (χ0n) is 12.8. The summed E-state index contributed by atoms with van der Waals surface area (Å²) in [5.74, 6) is 1.38. The fourth-order valence-electron chi connectivity index (χ4n) is 2.09. The predicted molar refractivity (Wildman–Crippen MR) is 83.8 cm³/mol. The molecule has 2 rings (SSSR count). The average Bonchev–Trinajstić information content (AvgIpc) is 2.49. The lowest BCUT2D eigenvalue weighted by Gasteiger charge is -2.13. The maximum atomic E-state index is 9.19. The maximum Gasteiger partial charge on any atom is 0.161 e. The Labute approximate surface area is 126 Å². The molecule has 0 amide bonds. The van der Waals surface area contributed by atoms with Crippen LogP contribution in [0.5, 0.6) is 11.5 Å². The third-order valence-electron chi connectivity index (χ3n) is 3.46. The number of aliphatic hydroxyl groups is 1. The van der Waals surface area contributed by atoms with Crippen molar-refractivity contribution < 1.29 is 14.6 Å². The molecule has 0 aliphatic heterocycles. The molecular weight excluding hydrogens is 264 g/mol. The van der Waals surface area contributed by atoms with E-state index in [4.69, 9.17) is 9.47 Å².